The Labute approximate surface area is 109 Å². The van der Waals surface area contributed by atoms with E-state index in [4.69, 9.17) is 23.2 Å². The highest BCUT2D eigenvalue weighted by molar-refractivity contribution is 6.42. The third-order valence-electron chi connectivity index (χ3n) is 2.52. The first-order chi connectivity index (χ1) is 8.13. The van der Waals surface area contributed by atoms with Crippen molar-refractivity contribution < 1.29 is 0 Å². The summed E-state index contributed by atoms with van der Waals surface area (Å²) in [7, 11) is 1.85. The van der Waals surface area contributed by atoms with Crippen LogP contribution in [0.25, 0.3) is 0 Å². The quantitative estimate of drug-likeness (QED) is 0.836. The molecule has 0 spiro atoms. The van der Waals surface area contributed by atoms with Gasteiger partial charge in [0, 0.05) is 19.4 Å². The zero-order valence-corrected chi connectivity index (χ0v) is 10.6. The van der Waals surface area contributed by atoms with E-state index < -0.39 is 5.92 Å². The second-order valence-corrected chi connectivity index (χ2v) is 4.45. The number of nitrogens with zero attached hydrogens (tertiary/aromatic N) is 3. The second-order valence-electron chi connectivity index (χ2n) is 3.63. The maximum Gasteiger partial charge on any atom is 0.130 e. The SMILES string of the molecule is Cn1ccnc1C(C#N)c1ccc(Cl)c(Cl)c1. The highest BCUT2D eigenvalue weighted by Gasteiger charge is 2.18. The summed E-state index contributed by atoms with van der Waals surface area (Å²) in [6.45, 7) is 0. The number of hydrogen-bond acceptors (Lipinski definition) is 2. The van der Waals surface area contributed by atoms with Crippen LogP contribution in [0.15, 0.2) is 30.6 Å². The average molecular weight is 266 g/mol. The molecule has 2 rings (SSSR count). The largest absolute Gasteiger partial charge is 0.337 e. The Hall–Kier alpha value is -1.50. The summed E-state index contributed by atoms with van der Waals surface area (Å²) < 4.78 is 1.82. The fourth-order valence-corrected chi connectivity index (χ4v) is 1.94. The first kappa shape index (κ1) is 12.0. The molecule has 0 amide bonds. The predicted molar refractivity (Wildman–Crippen MR) is 67.1 cm³/mol. The fraction of sp³-hybridized carbons (Fsp3) is 0.167. The van der Waals surface area contributed by atoms with Gasteiger partial charge in [-0.2, -0.15) is 5.26 Å². The van der Waals surface area contributed by atoms with E-state index in [0.29, 0.717) is 15.9 Å². The van der Waals surface area contributed by atoms with Crippen molar-refractivity contribution in [1.82, 2.24) is 9.55 Å². The lowest BCUT2D eigenvalue weighted by Gasteiger charge is -2.10. The molecular weight excluding hydrogens is 257 g/mol. The molecule has 1 unspecified atom stereocenters. The molecule has 3 nitrogen and oxygen atoms in total. The van der Waals surface area contributed by atoms with E-state index in [1.165, 1.54) is 0 Å². The lowest BCUT2D eigenvalue weighted by atomic mass is 10.00. The normalized spacial score (nSPS) is 12.1. The Kier molecular flexibility index (Phi) is 3.37. The summed E-state index contributed by atoms with van der Waals surface area (Å²) in [6.07, 6.45) is 3.47. The van der Waals surface area contributed by atoms with Crippen molar-refractivity contribution in [1.29, 1.82) is 5.26 Å². The lowest BCUT2D eigenvalue weighted by Crippen LogP contribution is -2.05. The van der Waals surface area contributed by atoms with E-state index in [1.54, 1.807) is 30.6 Å². The van der Waals surface area contributed by atoms with E-state index >= 15 is 0 Å². The standard InChI is InChI=1S/C12H9Cl2N3/c1-17-5-4-16-12(17)9(7-15)8-2-3-10(13)11(14)6-8/h2-6,9H,1H3. The van der Waals surface area contributed by atoms with Gasteiger partial charge in [0.1, 0.15) is 11.7 Å². The Morgan fingerprint density at radius 2 is 2.12 bits per heavy atom. The zero-order valence-electron chi connectivity index (χ0n) is 9.06. The molecule has 0 N–H and O–H groups in total. The molecule has 2 aromatic rings. The number of halogens is 2. The zero-order chi connectivity index (χ0) is 12.4. The molecule has 5 heteroatoms. The number of aryl methyl sites for hydroxylation is 1. The molecule has 0 saturated carbocycles. The van der Waals surface area contributed by atoms with Crippen LogP contribution in [0.5, 0.6) is 0 Å². The molecule has 17 heavy (non-hydrogen) atoms. The summed E-state index contributed by atoms with van der Waals surface area (Å²) in [5.41, 5.74) is 0.788. The Bertz CT molecular complexity index is 584. The molecule has 1 aromatic carbocycles. The number of nitriles is 1. The summed E-state index contributed by atoms with van der Waals surface area (Å²) in [4.78, 5) is 4.18. The van der Waals surface area contributed by atoms with Crippen molar-refractivity contribution in [2.24, 2.45) is 7.05 Å². The van der Waals surface area contributed by atoms with Gasteiger partial charge in [-0.1, -0.05) is 29.3 Å². The maximum atomic E-state index is 9.26. The molecule has 86 valence electrons. The van der Waals surface area contributed by atoms with Crippen LogP contribution in [0.4, 0.5) is 0 Å². The predicted octanol–water partition coefficient (Wildman–Crippen LogP) is 3.38. The van der Waals surface area contributed by atoms with Crippen LogP contribution in [-0.2, 0) is 7.05 Å². The van der Waals surface area contributed by atoms with Gasteiger partial charge in [-0.3, -0.25) is 0 Å². The molecule has 1 heterocycles. The van der Waals surface area contributed by atoms with Gasteiger partial charge in [0.15, 0.2) is 0 Å². The molecule has 0 radical (unpaired) electrons. The monoisotopic (exact) mass is 265 g/mol. The van der Waals surface area contributed by atoms with E-state index in [9.17, 15) is 5.26 Å². The minimum atomic E-state index is -0.440. The van der Waals surface area contributed by atoms with Crippen LogP contribution in [-0.4, -0.2) is 9.55 Å². The van der Waals surface area contributed by atoms with Gasteiger partial charge in [0.05, 0.1) is 16.1 Å². The van der Waals surface area contributed by atoms with Gasteiger partial charge in [-0.15, -0.1) is 0 Å². The molecule has 1 atom stereocenters. The topological polar surface area (TPSA) is 41.6 Å². The maximum absolute atomic E-state index is 9.26. The van der Waals surface area contributed by atoms with Crippen LogP contribution < -0.4 is 0 Å². The van der Waals surface area contributed by atoms with E-state index in [2.05, 4.69) is 11.1 Å². The minimum Gasteiger partial charge on any atom is -0.337 e. The van der Waals surface area contributed by atoms with Gasteiger partial charge >= 0.3 is 0 Å². The molecule has 0 aliphatic rings. The summed E-state index contributed by atoms with van der Waals surface area (Å²) in [5, 5.41) is 10.2. The fourth-order valence-electron chi connectivity index (χ4n) is 1.63. The van der Waals surface area contributed by atoms with Crippen LogP contribution in [0, 0.1) is 11.3 Å². The number of hydrogen-bond donors (Lipinski definition) is 0. The van der Waals surface area contributed by atoms with Gasteiger partial charge in [0.25, 0.3) is 0 Å². The van der Waals surface area contributed by atoms with E-state index in [0.717, 1.165) is 5.56 Å². The van der Waals surface area contributed by atoms with Crippen molar-refractivity contribution in [2.75, 3.05) is 0 Å². The number of benzene rings is 1. The summed E-state index contributed by atoms with van der Waals surface area (Å²) >= 11 is 11.8. The van der Waals surface area contributed by atoms with E-state index in [1.807, 2.05) is 11.6 Å². The highest BCUT2D eigenvalue weighted by atomic mass is 35.5. The molecule has 0 aliphatic heterocycles. The van der Waals surface area contributed by atoms with Crippen molar-refractivity contribution in [3.8, 4) is 6.07 Å². The molecule has 1 aromatic heterocycles. The van der Waals surface area contributed by atoms with Crippen LogP contribution in [0.2, 0.25) is 10.0 Å². The van der Waals surface area contributed by atoms with Crippen LogP contribution in [0.3, 0.4) is 0 Å². The van der Waals surface area contributed by atoms with Gasteiger partial charge in [-0.05, 0) is 17.7 Å². The van der Waals surface area contributed by atoms with Gasteiger partial charge < -0.3 is 4.57 Å². The molecule has 0 bridgehead atoms. The molecule has 0 fully saturated rings. The second kappa shape index (κ2) is 4.79. The Balaban J connectivity index is 2.47. The van der Waals surface area contributed by atoms with Gasteiger partial charge in [-0.25, -0.2) is 4.98 Å². The minimum absolute atomic E-state index is 0.440. The number of rotatable bonds is 2. The van der Waals surface area contributed by atoms with Crippen LogP contribution >= 0.6 is 23.2 Å². The van der Waals surface area contributed by atoms with Gasteiger partial charge in [0.2, 0.25) is 0 Å². The first-order valence-corrected chi connectivity index (χ1v) is 5.71. The molecular formula is C12H9Cl2N3. The average Bonchev–Trinajstić information content (AvgIpc) is 2.71. The third-order valence-corrected chi connectivity index (χ3v) is 3.26. The first-order valence-electron chi connectivity index (χ1n) is 4.95. The molecule has 0 aliphatic carbocycles. The number of imidazole rings is 1. The highest BCUT2D eigenvalue weighted by Crippen LogP contribution is 2.29. The van der Waals surface area contributed by atoms with Crippen molar-refractivity contribution in [3.63, 3.8) is 0 Å². The summed E-state index contributed by atoms with van der Waals surface area (Å²) in [5.74, 6) is 0.246. The Morgan fingerprint density at radius 3 is 2.65 bits per heavy atom. The smallest absolute Gasteiger partial charge is 0.130 e. The number of aromatic nitrogens is 2. The third kappa shape index (κ3) is 2.28. The molecule has 0 saturated heterocycles. The summed E-state index contributed by atoms with van der Waals surface area (Å²) in [6, 6.07) is 7.40. The Morgan fingerprint density at radius 1 is 1.35 bits per heavy atom. The van der Waals surface area contributed by atoms with E-state index in [-0.39, 0.29) is 0 Å². The lowest BCUT2D eigenvalue weighted by molar-refractivity contribution is 0.783. The van der Waals surface area contributed by atoms with Crippen molar-refractivity contribution in [3.05, 3.63) is 52.0 Å². The van der Waals surface area contributed by atoms with Crippen molar-refractivity contribution in [2.45, 2.75) is 5.92 Å². The van der Waals surface area contributed by atoms with Crippen LogP contribution in [0.1, 0.15) is 17.3 Å². The van der Waals surface area contributed by atoms with Crippen molar-refractivity contribution >= 4 is 23.2 Å².